The molecule has 0 aliphatic carbocycles. The van der Waals surface area contributed by atoms with Crippen molar-refractivity contribution in [1.82, 2.24) is 0 Å². The van der Waals surface area contributed by atoms with E-state index in [2.05, 4.69) is 31.9 Å². The minimum atomic E-state index is -1.89. The van der Waals surface area contributed by atoms with Gasteiger partial charge in [0.05, 0.1) is 18.7 Å². The molecule has 0 radical (unpaired) electrons. The van der Waals surface area contributed by atoms with Gasteiger partial charge in [-0.15, -0.1) is 0 Å². The van der Waals surface area contributed by atoms with E-state index in [0.717, 1.165) is 14.5 Å². The van der Waals surface area contributed by atoms with Gasteiger partial charge in [-0.2, -0.15) is 0 Å². The van der Waals surface area contributed by atoms with Crippen molar-refractivity contribution >= 4 is 49.2 Å². The fourth-order valence-electron chi connectivity index (χ4n) is 3.60. The van der Waals surface area contributed by atoms with Gasteiger partial charge in [-0.25, -0.2) is 0 Å². The Hall–Kier alpha value is -2.28. The van der Waals surface area contributed by atoms with Crippen molar-refractivity contribution in [3.63, 3.8) is 0 Å². The van der Waals surface area contributed by atoms with Crippen LogP contribution in [0.5, 0.6) is 0 Å². The number of amides is 1. The van der Waals surface area contributed by atoms with Crippen molar-refractivity contribution in [3.8, 4) is 0 Å². The maximum atomic E-state index is 13.3. The maximum Gasteiger partial charge on any atom is 0.264 e. The SMILES string of the molecule is O=C(CC1(O)C(=O)N(Cc2ccccc2Br)c2ccccc21)c1ccc(Br)cc1. The van der Waals surface area contributed by atoms with Crippen molar-refractivity contribution in [2.75, 3.05) is 4.90 Å². The summed E-state index contributed by atoms with van der Waals surface area (Å²) in [5, 5.41) is 11.4. The number of rotatable bonds is 5. The zero-order chi connectivity index (χ0) is 20.6. The molecule has 3 aromatic carbocycles. The molecular formula is C23H17Br2NO3. The lowest BCUT2D eigenvalue weighted by molar-refractivity contribution is -0.136. The topological polar surface area (TPSA) is 57.6 Å². The number of fused-ring (bicyclic) bond motifs is 1. The van der Waals surface area contributed by atoms with Gasteiger partial charge >= 0.3 is 0 Å². The standard InChI is InChI=1S/C23H17Br2NO3/c24-17-11-9-15(10-12-17)21(27)13-23(29)18-6-2-4-8-20(18)26(22(23)28)14-16-5-1-3-7-19(16)25/h1-12,29H,13-14H2. The van der Waals surface area contributed by atoms with Gasteiger partial charge in [-0.1, -0.05) is 80.4 Å². The Kier molecular flexibility index (Phi) is 5.42. The fourth-order valence-corrected chi connectivity index (χ4v) is 4.28. The number of carbonyl (C=O) groups excluding carboxylic acids is 2. The van der Waals surface area contributed by atoms with Crippen LogP contribution in [0.4, 0.5) is 5.69 Å². The molecular weight excluding hydrogens is 498 g/mol. The summed E-state index contributed by atoms with van der Waals surface area (Å²) in [5.41, 5.74) is 0.569. The highest BCUT2D eigenvalue weighted by atomic mass is 79.9. The number of carbonyl (C=O) groups is 2. The smallest absolute Gasteiger partial charge is 0.264 e. The van der Waals surface area contributed by atoms with E-state index >= 15 is 0 Å². The van der Waals surface area contributed by atoms with Crippen LogP contribution in [0.2, 0.25) is 0 Å². The molecule has 0 bridgehead atoms. The van der Waals surface area contributed by atoms with Gasteiger partial charge in [0.15, 0.2) is 11.4 Å². The van der Waals surface area contributed by atoms with E-state index in [1.165, 1.54) is 0 Å². The summed E-state index contributed by atoms with van der Waals surface area (Å²) >= 11 is 6.85. The summed E-state index contributed by atoms with van der Waals surface area (Å²) < 4.78 is 1.74. The molecule has 0 fully saturated rings. The molecule has 146 valence electrons. The van der Waals surface area contributed by atoms with Crippen molar-refractivity contribution in [3.05, 3.63) is 98.4 Å². The molecule has 1 atom stereocenters. The Morgan fingerprint density at radius 1 is 0.931 bits per heavy atom. The quantitative estimate of drug-likeness (QED) is 0.475. The molecule has 0 spiro atoms. The van der Waals surface area contributed by atoms with Crippen LogP contribution in [0.15, 0.2) is 81.7 Å². The van der Waals surface area contributed by atoms with Crippen LogP contribution in [0.1, 0.15) is 27.9 Å². The highest BCUT2D eigenvalue weighted by Crippen LogP contribution is 2.43. The number of anilines is 1. The lowest BCUT2D eigenvalue weighted by Crippen LogP contribution is -2.41. The average Bonchev–Trinajstić information content (AvgIpc) is 2.92. The molecule has 0 saturated carbocycles. The van der Waals surface area contributed by atoms with Gasteiger partial charge in [0.1, 0.15) is 0 Å². The molecule has 1 heterocycles. The molecule has 1 N–H and O–H groups in total. The fraction of sp³-hybridized carbons (Fsp3) is 0.130. The number of hydrogen-bond donors (Lipinski definition) is 1. The predicted octanol–water partition coefficient (Wildman–Crippen LogP) is 5.22. The molecule has 29 heavy (non-hydrogen) atoms. The maximum absolute atomic E-state index is 13.3. The van der Waals surface area contributed by atoms with Gasteiger partial charge in [0.2, 0.25) is 0 Å². The van der Waals surface area contributed by atoms with E-state index in [-0.39, 0.29) is 12.2 Å². The van der Waals surface area contributed by atoms with Crippen LogP contribution < -0.4 is 4.90 Å². The van der Waals surface area contributed by atoms with Gasteiger partial charge in [0, 0.05) is 20.1 Å². The Bertz CT molecular complexity index is 1100. The Morgan fingerprint density at radius 3 is 2.31 bits per heavy atom. The Balaban J connectivity index is 1.69. The number of aliphatic hydroxyl groups is 1. The van der Waals surface area contributed by atoms with Gasteiger partial charge in [0.25, 0.3) is 5.91 Å². The second kappa shape index (κ2) is 7.86. The third-order valence-corrected chi connectivity index (χ3v) is 6.41. The highest BCUT2D eigenvalue weighted by Gasteiger charge is 2.50. The Labute approximate surface area is 185 Å². The first-order valence-corrected chi connectivity index (χ1v) is 10.6. The largest absolute Gasteiger partial charge is 0.375 e. The van der Waals surface area contributed by atoms with Crippen molar-refractivity contribution in [2.24, 2.45) is 0 Å². The normalized spacial score (nSPS) is 18.0. The van der Waals surface area contributed by atoms with Crippen LogP contribution >= 0.6 is 31.9 Å². The summed E-state index contributed by atoms with van der Waals surface area (Å²) in [4.78, 5) is 27.7. The molecule has 1 aliphatic rings. The number of ketones is 1. The molecule has 1 aliphatic heterocycles. The summed E-state index contributed by atoms with van der Waals surface area (Å²) in [6.07, 6.45) is -0.309. The van der Waals surface area contributed by atoms with E-state index < -0.39 is 11.5 Å². The minimum absolute atomic E-state index is 0.286. The molecule has 4 nitrogen and oxygen atoms in total. The first-order valence-electron chi connectivity index (χ1n) is 9.06. The molecule has 6 heteroatoms. The Morgan fingerprint density at radius 2 is 1.59 bits per heavy atom. The number of nitrogens with zero attached hydrogens (tertiary/aromatic N) is 1. The predicted molar refractivity (Wildman–Crippen MR) is 119 cm³/mol. The van der Waals surface area contributed by atoms with Crippen molar-refractivity contribution < 1.29 is 14.7 Å². The van der Waals surface area contributed by atoms with Crippen LogP contribution in [0.25, 0.3) is 0 Å². The molecule has 3 aromatic rings. The third-order valence-electron chi connectivity index (χ3n) is 5.11. The zero-order valence-electron chi connectivity index (χ0n) is 15.3. The van der Waals surface area contributed by atoms with Crippen LogP contribution in [0.3, 0.4) is 0 Å². The van der Waals surface area contributed by atoms with Crippen molar-refractivity contribution in [1.29, 1.82) is 0 Å². The number of hydrogen-bond acceptors (Lipinski definition) is 3. The van der Waals surface area contributed by atoms with E-state index in [0.29, 0.717) is 23.4 Å². The molecule has 0 saturated heterocycles. The van der Waals surface area contributed by atoms with E-state index in [1.54, 1.807) is 47.4 Å². The van der Waals surface area contributed by atoms with Crippen LogP contribution in [-0.2, 0) is 16.9 Å². The van der Waals surface area contributed by atoms with Gasteiger partial charge in [-0.3, -0.25) is 9.59 Å². The zero-order valence-corrected chi connectivity index (χ0v) is 18.5. The number of halogens is 2. The first kappa shape index (κ1) is 20.0. The summed E-state index contributed by atoms with van der Waals surface area (Å²) in [7, 11) is 0. The second-order valence-corrected chi connectivity index (χ2v) is 8.74. The van der Waals surface area contributed by atoms with Crippen LogP contribution in [0, 0.1) is 0 Å². The van der Waals surface area contributed by atoms with E-state index in [9.17, 15) is 14.7 Å². The van der Waals surface area contributed by atoms with E-state index in [1.807, 2.05) is 30.3 Å². The third kappa shape index (κ3) is 3.68. The number of para-hydroxylation sites is 1. The average molecular weight is 515 g/mol. The molecule has 4 rings (SSSR count). The highest BCUT2D eigenvalue weighted by molar-refractivity contribution is 9.10. The summed E-state index contributed by atoms with van der Waals surface area (Å²) in [5.74, 6) is -0.772. The first-order chi connectivity index (χ1) is 13.9. The number of Topliss-reactive ketones (excluding diaryl/α,β-unsaturated/α-hetero) is 1. The number of benzene rings is 3. The second-order valence-electron chi connectivity index (χ2n) is 6.97. The molecule has 1 amide bonds. The van der Waals surface area contributed by atoms with Crippen LogP contribution in [-0.4, -0.2) is 16.8 Å². The lowest BCUT2D eigenvalue weighted by Gasteiger charge is -2.23. The minimum Gasteiger partial charge on any atom is -0.375 e. The molecule has 1 unspecified atom stereocenters. The van der Waals surface area contributed by atoms with Crippen molar-refractivity contribution in [2.45, 2.75) is 18.6 Å². The van der Waals surface area contributed by atoms with E-state index in [4.69, 9.17) is 0 Å². The summed E-state index contributed by atoms with van der Waals surface area (Å²) in [6.45, 7) is 0.298. The molecule has 0 aromatic heterocycles. The summed E-state index contributed by atoms with van der Waals surface area (Å²) in [6, 6.07) is 21.6. The van der Waals surface area contributed by atoms with Gasteiger partial charge < -0.3 is 10.0 Å². The van der Waals surface area contributed by atoms with Gasteiger partial charge in [-0.05, 0) is 29.8 Å². The monoisotopic (exact) mass is 513 g/mol. The lowest BCUT2D eigenvalue weighted by atomic mass is 9.88.